The van der Waals surface area contributed by atoms with Gasteiger partial charge in [0.05, 0.1) is 12.5 Å². The van der Waals surface area contributed by atoms with Gasteiger partial charge in [0.1, 0.15) is 12.4 Å². The molecule has 0 saturated heterocycles. The molecule has 1 atom stereocenters. The van der Waals surface area contributed by atoms with Crippen molar-refractivity contribution in [3.8, 4) is 5.75 Å². The van der Waals surface area contributed by atoms with E-state index in [1.165, 1.54) is 0 Å². The first-order valence-corrected chi connectivity index (χ1v) is 5.53. The number of nitrogens with zero attached hydrogens (tertiary/aromatic N) is 2. The normalized spacial score (nSPS) is 18.5. The Kier molecular flexibility index (Phi) is 2.53. The average molecular weight is 232 g/mol. The molecule has 17 heavy (non-hydrogen) atoms. The zero-order valence-electron chi connectivity index (χ0n) is 9.17. The zero-order valence-corrected chi connectivity index (χ0v) is 9.17. The van der Waals surface area contributed by atoms with Crippen LogP contribution in [0.2, 0.25) is 0 Å². The van der Waals surface area contributed by atoms with Crippen molar-refractivity contribution in [1.29, 1.82) is 0 Å². The van der Waals surface area contributed by atoms with Crippen LogP contribution in [0.25, 0.3) is 0 Å². The van der Waals surface area contributed by atoms with Gasteiger partial charge in [-0.2, -0.15) is 4.98 Å². The second kappa shape index (κ2) is 4.18. The van der Waals surface area contributed by atoms with Gasteiger partial charge in [0, 0.05) is 5.56 Å². The highest BCUT2D eigenvalue weighted by atomic mass is 16.5. The number of ether oxygens (including phenoxy) is 1. The number of aliphatic hydroxyl groups excluding tert-OH is 1. The molecule has 88 valence electrons. The second-order valence-corrected chi connectivity index (χ2v) is 3.93. The summed E-state index contributed by atoms with van der Waals surface area (Å²) in [6.07, 6.45) is 0.821. The summed E-state index contributed by atoms with van der Waals surface area (Å²) in [5.41, 5.74) is 1.07. The molecule has 3 rings (SSSR count). The summed E-state index contributed by atoms with van der Waals surface area (Å²) in [6.45, 7) is 0.419. The lowest BCUT2D eigenvalue weighted by Gasteiger charge is -2.23. The fourth-order valence-electron chi connectivity index (χ4n) is 2.08. The van der Waals surface area contributed by atoms with E-state index in [0.29, 0.717) is 12.4 Å². The molecule has 0 aliphatic carbocycles. The molecule has 0 amide bonds. The quantitative estimate of drug-likeness (QED) is 0.849. The van der Waals surface area contributed by atoms with E-state index in [0.717, 1.165) is 17.7 Å². The van der Waals surface area contributed by atoms with Gasteiger partial charge in [0.25, 0.3) is 5.89 Å². The lowest BCUT2D eigenvalue weighted by atomic mass is 9.92. The maximum Gasteiger partial charge on any atom is 0.252 e. The fraction of sp³-hybridized carbons (Fsp3) is 0.333. The first-order valence-electron chi connectivity index (χ1n) is 5.53. The molecule has 1 aromatic carbocycles. The molecule has 1 aliphatic heterocycles. The van der Waals surface area contributed by atoms with Gasteiger partial charge in [0.2, 0.25) is 0 Å². The number of aliphatic hydroxyl groups is 1. The molecular formula is C12H12N2O3. The Morgan fingerprint density at radius 3 is 3.06 bits per heavy atom. The molecule has 0 saturated carbocycles. The maximum atomic E-state index is 8.92. The van der Waals surface area contributed by atoms with Crippen molar-refractivity contribution in [2.45, 2.75) is 18.9 Å². The third-order valence-corrected chi connectivity index (χ3v) is 2.89. The van der Waals surface area contributed by atoms with Crippen LogP contribution in [0.4, 0.5) is 0 Å². The largest absolute Gasteiger partial charge is 0.493 e. The molecule has 0 bridgehead atoms. The van der Waals surface area contributed by atoms with E-state index in [1.807, 2.05) is 24.3 Å². The van der Waals surface area contributed by atoms with Gasteiger partial charge in [-0.3, -0.25) is 0 Å². The van der Waals surface area contributed by atoms with Crippen LogP contribution in [0.15, 0.2) is 28.8 Å². The van der Waals surface area contributed by atoms with Gasteiger partial charge in [-0.25, -0.2) is 0 Å². The number of para-hydroxylation sites is 1. The predicted octanol–water partition coefficient (Wildman–Crippen LogP) is 1.48. The number of rotatable bonds is 2. The predicted molar refractivity (Wildman–Crippen MR) is 58.6 cm³/mol. The lowest BCUT2D eigenvalue weighted by Crippen LogP contribution is -2.16. The minimum atomic E-state index is -0.224. The van der Waals surface area contributed by atoms with Crippen LogP contribution < -0.4 is 4.74 Å². The van der Waals surface area contributed by atoms with Crippen molar-refractivity contribution in [2.75, 3.05) is 6.61 Å². The van der Waals surface area contributed by atoms with Crippen molar-refractivity contribution in [3.05, 3.63) is 41.5 Å². The van der Waals surface area contributed by atoms with Gasteiger partial charge < -0.3 is 14.4 Å². The van der Waals surface area contributed by atoms with Gasteiger partial charge in [-0.1, -0.05) is 23.4 Å². The van der Waals surface area contributed by atoms with Crippen LogP contribution in [0.1, 0.15) is 29.6 Å². The molecule has 1 aliphatic rings. The van der Waals surface area contributed by atoms with Gasteiger partial charge in [-0.15, -0.1) is 0 Å². The molecule has 0 radical (unpaired) electrons. The van der Waals surface area contributed by atoms with E-state index in [1.54, 1.807) is 0 Å². The van der Waals surface area contributed by atoms with Crippen LogP contribution in [-0.4, -0.2) is 21.9 Å². The first kappa shape index (κ1) is 10.3. The molecule has 2 heterocycles. The minimum absolute atomic E-state index is 0.0870. The van der Waals surface area contributed by atoms with Gasteiger partial charge in [0.15, 0.2) is 5.82 Å². The van der Waals surface area contributed by atoms with Gasteiger partial charge >= 0.3 is 0 Å². The molecule has 0 fully saturated rings. The first-order chi connectivity index (χ1) is 8.38. The summed E-state index contributed by atoms with van der Waals surface area (Å²) in [5, 5.41) is 12.8. The van der Waals surface area contributed by atoms with E-state index in [-0.39, 0.29) is 18.4 Å². The Morgan fingerprint density at radius 1 is 1.35 bits per heavy atom. The highest BCUT2D eigenvalue weighted by molar-refractivity contribution is 5.40. The Bertz CT molecular complexity index is 524. The van der Waals surface area contributed by atoms with Crippen LogP contribution in [0, 0.1) is 0 Å². The van der Waals surface area contributed by atoms with E-state index >= 15 is 0 Å². The van der Waals surface area contributed by atoms with Gasteiger partial charge in [-0.05, 0) is 12.5 Å². The summed E-state index contributed by atoms with van der Waals surface area (Å²) in [4.78, 5) is 4.17. The Labute approximate surface area is 98.0 Å². The molecule has 2 aromatic rings. The Morgan fingerprint density at radius 2 is 2.24 bits per heavy atom. The lowest BCUT2D eigenvalue weighted by molar-refractivity contribution is 0.222. The molecular weight excluding hydrogens is 220 g/mol. The molecule has 5 heteroatoms. The van der Waals surface area contributed by atoms with Crippen molar-refractivity contribution >= 4 is 0 Å². The van der Waals surface area contributed by atoms with E-state index < -0.39 is 0 Å². The summed E-state index contributed by atoms with van der Waals surface area (Å²) in [7, 11) is 0. The molecule has 1 N–H and O–H groups in total. The zero-order chi connectivity index (χ0) is 11.7. The molecule has 5 nitrogen and oxygen atoms in total. The number of benzene rings is 1. The highest BCUT2D eigenvalue weighted by Gasteiger charge is 2.26. The highest BCUT2D eigenvalue weighted by Crippen LogP contribution is 2.36. The Balaban J connectivity index is 1.99. The third-order valence-electron chi connectivity index (χ3n) is 2.89. The second-order valence-electron chi connectivity index (χ2n) is 3.93. The van der Waals surface area contributed by atoms with Crippen LogP contribution in [-0.2, 0) is 6.61 Å². The maximum absolute atomic E-state index is 8.92. The van der Waals surface area contributed by atoms with E-state index in [4.69, 9.17) is 14.4 Å². The van der Waals surface area contributed by atoms with Crippen molar-refractivity contribution < 1.29 is 14.4 Å². The average Bonchev–Trinajstić information content (AvgIpc) is 2.87. The van der Waals surface area contributed by atoms with E-state index in [9.17, 15) is 0 Å². The summed E-state index contributed by atoms with van der Waals surface area (Å²) >= 11 is 0. The molecule has 0 spiro atoms. The van der Waals surface area contributed by atoms with Crippen LogP contribution >= 0.6 is 0 Å². The van der Waals surface area contributed by atoms with Crippen molar-refractivity contribution in [1.82, 2.24) is 10.1 Å². The van der Waals surface area contributed by atoms with Crippen molar-refractivity contribution in [2.24, 2.45) is 0 Å². The number of aromatic nitrogens is 2. The Hall–Kier alpha value is -1.88. The fourth-order valence-corrected chi connectivity index (χ4v) is 2.08. The van der Waals surface area contributed by atoms with Crippen LogP contribution in [0.5, 0.6) is 5.75 Å². The standard InChI is InChI=1S/C12H12N2O3/c15-7-11-13-12(14-17-11)9-5-6-16-10-4-2-1-3-8(9)10/h1-4,9,15H,5-7H2. The summed E-state index contributed by atoms with van der Waals surface area (Å²) in [5.74, 6) is 1.83. The summed E-state index contributed by atoms with van der Waals surface area (Å²) < 4.78 is 10.5. The topological polar surface area (TPSA) is 68.4 Å². The SMILES string of the molecule is OCc1nc(C2CCOc3ccccc32)no1. The summed E-state index contributed by atoms with van der Waals surface area (Å²) in [6, 6.07) is 7.85. The monoisotopic (exact) mass is 232 g/mol. The smallest absolute Gasteiger partial charge is 0.252 e. The van der Waals surface area contributed by atoms with Crippen molar-refractivity contribution in [3.63, 3.8) is 0 Å². The third kappa shape index (κ3) is 1.78. The molecule has 1 unspecified atom stereocenters. The molecule has 1 aromatic heterocycles. The number of hydrogen-bond acceptors (Lipinski definition) is 5. The van der Waals surface area contributed by atoms with E-state index in [2.05, 4.69) is 10.1 Å². The van der Waals surface area contributed by atoms with Crippen LogP contribution in [0.3, 0.4) is 0 Å². The number of fused-ring (bicyclic) bond motifs is 1. The minimum Gasteiger partial charge on any atom is -0.493 e. The number of hydrogen-bond donors (Lipinski definition) is 1.